The summed E-state index contributed by atoms with van der Waals surface area (Å²) < 4.78 is 33.4. The third-order valence-corrected chi connectivity index (χ3v) is 14.6. The zero-order valence-electron chi connectivity index (χ0n) is 35.1. The highest BCUT2D eigenvalue weighted by Crippen LogP contribution is 2.44. The fourth-order valence-corrected chi connectivity index (χ4v) is 11.8. The van der Waals surface area contributed by atoms with E-state index in [-0.39, 0.29) is 5.92 Å². The van der Waals surface area contributed by atoms with Crippen molar-refractivity contribution in [3.8, 4) is 40.3 Å². The molecule has 0 radical (unpaired) electrons. The maximum atomic E-state index is 11.7. The Bertz CT molecular complexity index is 3490. The van der Waals surface area contributed by atoms with Gasteiger partial charge in [0.1, 0.15) is 44.7 Å². The van der Waals surface area contributed by atoms with Gasteiger partial charge in [0.05, 0.1) is 43.4 Å². The van der Waals surface area contributed by atoms with Crippen LogP contribution in [0.1, 0.15) is 64.0 Å². The second-order valence-corrected chi connectivity index (χ2v) is 18.7. The maximum absolute atomic E-state index is 11.7. The van der Waals surface area contributed by atoms with Gasteiger partial charge in [-0.15, -0.1) is 22.7 Å². The van der Waals surface area contributed by atoms with Crippen LogP contribution in [-0.4, -0.2) is 33.4 Å². The van der Waals surface area contributed by atoms with Crippen LogP contribution in [0.15, 0.2) is 109 Å². The minimum Gasteiger partial charge on any atom is -0.503 e. The molecule has 0 saturated heterocycles. The Balaban J connectivity index is 1.34. The molecule has 0 amide bonds. The maximum Gasteiger partial charge on any atom is 0.743 e. The summed E-state index contributed by atoms with van der Waals surface area (Å²) in [6.45, 7) is 15.3. The summed E-state index contributed by atoms with van der Waals surface area (Å²) in [5.74, 6) is 2.41. The fraction of sp³-hybridized carbons (Fsp3) is 0.160. The Morgan fingerprint density at radius 1 is 0.688 bits per heavy atom. The van der Waals surface area contributed by atoms with Gasteiger partial charge in [-0.2, -0.15) is 5.26 Å². The number of fused-ring (bicyclic) bond motifs is 5. The lowest BCUT2D eigenvalue weighted by molar-refractivity contribution is 0.471. The van der Waals surface area contributed by atoms with Crippen LogP contribution in [0.2, 0.25) is 0 Å². The molecule has 0 spiro atoms. The number of hydrogen-bond acceptors (Lipinski definition) is 9. The summed E-state index contributed by atoms with van der Waals surface area (Å²) in [6, 6.07) is 38.5. The van der Waals surface area contributed by atoms with Crippen LogP contribution in [0, 0.1) is 38.7 Å². The highest BCUT2D eigenvalue weighted by atomic mass is 32.1. The number of thiazole rings is 2. The van der Waals surface area contributed by atoms with E-state index in [0.717, 1.165) is 90.5 Å². The van der Waals surface area contributed by atoms with Crippen molar-refractivity contribution in [1.29, 1.82) is 5.26 Å². The Morgan fingerprint density at radius 2 is 1.22 bits per heavy atom. The Labute approximate surface area is 377 Å². The van der Waals surface area contributed by atoms with Gasteiger partial charge in [0.2, 0.25) is 5.70 Å². The van der Waals surface area contributed by atoms with Crippen molar-refractivity contribution in [3.05, 3.63) is 164 Å². The Hall–Kier alpha value is -7.25. The molecule has 1 fully saturated rings. The lowest BCUT2D eigenvalue weighted by Gasteiger charge is -2.19. The zero-order valence-corrected chi connectivity index (χ0v) is 36.7. The van der Waals surface area contributed by atoms with E-state index < -0.39 is 14.5 Å². The van der Waals surface area contributed by atoms with Gasteiger partial charge < -0.3 is 27.6 Å². The van der Waals surface area contributed by atoms with Gasteiger partial charge in [-0.1, -0.05) is 73.5 Å². The molecule has 5 aromatic carbocycles. The average Bonchev–Trinajstić information content (AvgIpc) is 4.17. The summed E-state index contributed by atoms with van der Waals surface area (Å²) >= 11 is 2.98. The van der Waals surface area contributed by atoms with Crippen LogP contribution < -0.4 is 29.3 Å². The molecular weight excluding hydrogens is 834 g/mol. The van der Waals surface area contributed by atoms with Gasteiger partial charge in [-0.05, 0) is 105 Å². The van der Waals surface area contributed by atoms with E-state index in [1.54, 1.807) is 0 Å². The molecule has 12 rings (SSSR count). The molecule has 2 aliphatic heterocycles. The molecule has 308 valence electrons. The van der Waals surface area contributed by atoms with Crippen LogP contribution in [0.3, 0.4) is 0 Å². The topological polar surface area (TPSA) is 101 Å². The monoisotopic (exact) mass is 870 g/mol. The van der Waals surface area contributed by atoms with Crippen molar-refractivity contribution in [1.82, 2.24) is 18.9 Å². The van der Waals surface area contributed by atoms with Gasteiger partial charge in [0.25, 0.3) is 0 Å². The summed E-state index contributed by atoms with van der Waals surface area (Å²) in [5.41, 5.74) is 8.07. The SMILES string of the molecule is [C-]#[N+]/C(c1nc2ccc(C)cc2s1)=c1\c2c(C3CCCC3)n(B3Oc4ccccc4O3)/c(=C(/C#N)c3nc4ccc(C)cc4s3)c2c(-c2ccccc2C)n1B1Oc2ccccc2O1. The standard InChI is InChI=1S/C50H36B2N6O4S2/c1-28-21-23-34-40(25-28)63-49(55-34)33(27-53)47-43-42(45(31-14-6-7-15-31)57(47)51-59-36-17-9-10-18-37(36)60-51)48(44(54-4)50-56-35-24-22-29(2)26-41(35)64-50)58(46(43)32-16-8-5-13-30(32)3)52-61-38-19-11-12-20-39(38)62-52/h5,8-13,16-26,31H,6-7,14-15H2,1-3H3/b47-33-,48-44+. The highest BCUT2D eigenvalue weighted by Gasteiger charge is 2.46. The molecule has 0 bridgehead atoms. The molecule has 1 aliphatic carbocycles. The van der Waals surface area contributed by atoms with Gasteiger partial charge in [-0.3, -0.25) is 0 Å². The smallest absolute Gasteiger partial charge is 0.503 e. The van der Waals surface area contributed by atoms with Crippen LogP contribution in [-0.2, 0) is 0 Å². The fourth-order valence-electron chi connectivity index (χ4n) is 9.70. The summed E-state index contributed by atoms with van der Waals surface area (Å²) in [5, 5.41) is 15.6. The summed E-state index contributed by atoms with van der Waals surface area (Å²) in [7, 11) is -2.01. The highest BCUT2D eigenvalue weighted by molar-refractivity contribution is 7.20. The van der Waals surface area contributed by atoms with Crippen LogP contribution >= 0.6 is 22.7 Å². The van der Waals surface area contributed by atoms with Crippen molar-refractivity contribution in [2.75, 3.05) is 0 Å². The van der Waals surface area contributed by atoms with Crippen molar-refractivity contribution < 1.29 is 18.6 Å². The number of hydrogen-bond donors (Lipinski definition) is 0. The quantitative estimate of drug-likeness (QED) is 0.121. The normalized spacial score (nSPS) is 15.4. The average molecular weight is 871 g/mol. The van der Waals surface area contributed by atoms with Crippen molar-refractivity contribution in [2.24, 2.45) is 0 Å². The first kappa shape index (κ1) is 38.4. The number of benzene rings is 5. The van der Waals surface area contributed by atoms with Crippen molar-refractivity contribution in [3.63, 3.8) is 0 Å². The molecule has 0 atom stereocenters. The van der Waals surface area contributed by atoms with Gasteiger partial charge in [0, 0.05) is 22.0 Å². The molecule has 14 heteroatoms. The first-order chi connectivity index (χ1) is 31.4. The van der Waals surface area contributed by atoms with Crippen molar-refractivity contribution >= 4 is 79.7 Å². The number of rotatable bonds is 6. The Kier molecular flexibility index (Phi) is 8.97. The second kappa shape index (κ2) is 14.9. The third kappa shape index (κ3) is 5.97. The molecule has 64 heavy (non-hydrogen) atoms. The van der Waals surface area contributed by atoms with E-state index in [2.05, 4.69) is 60.4 Å². The molecule has 1 saturated carbocycles. The summed E-state index contributed by atoms with van der Waals surface area (Å²) in [6.07, 6.45) is 3.82. The van der Waals surface area contributed by atoms with Crippen LogP contribution in [0.25, 0.3) is 58.6 Å². The van der Waals surface area contributed by atoms with Gasteiger partial charge in [0.15, 0.2) is 0 Å². The number of aryl methyl sites for hydroxylation is 3. The molecule has 0 unspecified atom stereocenters. The predicted octanol–water partition coefficient (Wildman–Crippen LogP) is 10.3. The molecular formula is C50H36B2N6O4S2. The number of nitrogens with zero attached hydrogens (tertiary/aromatic N) is 6. The minimum atomic E-state index is -1.03. The van der Waals surface area contributed by atoms with E-state index in [1.165, 1.54) is 22.7 Å². The molecule has 0 N–H and O–H groups in total. The van der Waals surface area contributed by atoms with E-state index in [0.29, 0.717) is 55.0 Å². The van der Waals surface area contributed by atoms with Crippen LogP contribution in [0.4, 0.5) is 0 Å². The van der Waals surface area contributed by atoms with Crippen molar-refractivity contribution in [2.45, 2.75) is 52.4 Å². The van der Waals surface area contributed by atoms with E-state index in [1.807, 2.05) is 89.4 Å². The van der Waals surface area contributed by atoms with E-state index >= 15 is 0 Å². The Morgan fingerprint density at radius 3 is 1.78 bits per heavy atom. The number of para-hydroxylation sites is 4. The molecule has 3 aliphatic rings. The number of nitriles is 1. The van der Waals surface area contributed by atoms with Gasteiger partial charge >= 0.3 is 14.5 Å². The predicted molar refractivity (Wildman–Crippen MR) is 254 cm³/mol. The van der Waals surface area contributed by atoms with Crippen LogP contribution in [0.5, 0.6) is 23.0 Å². The van der Waals surface area contributed by atoms with E-state index in [9.17, 15) is 5.26 Å². The molecule has 9 aromatic rings. The molecule has 4 aromatic heterocycles. The number of aromatic nitrogens is 4. The van der Waals surface area contributed by atoms with E-state index in [4.69, 9.17) is 35.2 Å². The second-order valence-electron chi connectivity index (χ2n) is 16.6. The lowest BCUT2D eigenvalue weighted by Crippen LogP contribution is -2.45. The summed E-state index contributed by atoms with van der Waals surface area (Å²) in [4.78, 5) is 14.7. The third-order valence-electron chi connectivity index (χ3n) is 12.6. The molecule has 6 heterocycles. The zero-order chi connectivity index (χ0) is 43.2. The molecule has 10 nitrogen and oxygen atoms in total. The lowest BCUT2D eigenvalue weighted by atomic mass is 9.97. The first-order valence-electron chi connectivity index (χ1n) is 21.4. The van der Waals surface area contributed by atoms with Gasteiger partial charge in [-0.25, -0.2) is 14.8 Å². The largest absolute Gasteiger partial charge is 0.743 e. The first-order valence-corrected chi connectivity index (χ1v) is 23.0. The minimum absolute atomic E-state index is 0.0112.